The number of rotatable bonds is 8. The van der Waals surface area contributed by atoms with Gasteiger partial charge in [0.2, 0.25) is 5.91 Å². The Balaban J connectivity index is 1.24. The average molecular weight is 542 g/mol. The van der Waals surface area contributed by atoms with E-state index in [2.05, 4.69) is 17.5 Å². The van der Waals surface area contributed by atoms with Gasteiger partial charge in [0.15, 0.2) is 6.29 Å². The van der Waals surface area contributed by atoms with Crippen LogP contribution in [0.2, 0.25) is 0 Å². The van der Waals surface area contributed by atoms with Gasteiger partial charge in [-0.3, -0.25) is 4.79 Å². The van der Waals surface area contributed by atoms with Crippen LogP contribution in [-0.2, 0) is 19.9 Å². The first-order chi connectivity index (χ1) is 19.5. The number of carbonyl (C=O) groups excluding carboxylic acids is 1. The number of aliphatic hydroxyl groups excluding tert-OH is 3. The number of nitrogens with one attached hydrogen (secondary N) is 1. The van der Waals surface area contributed by atoms with E-state index in [0.29, 0.717) is 5.92 Å². The molecule has 6 rings (SSSR count). The Kier molecular flexibility index (Phi) is 7.57. The first kappa shape index (κ1) is 26.9. The van der Waals surface area contributed by atoms with Crippen molar-refractivity contribution in [2.45, 2.75) is 49.1 Å². The molecular formula is C33H35NO6. The highest BCUT2D eigenvalue weighted by Crippen LogP contribution is 2.44. The maximum atomic E-state index is 13.0. The van der Waals surface area contributed by atoms with Gasteiger partial charge < -0.3 is 30.1 Å². The number of allylic oxidation sites excluding steroid dienone is 2. The molecule has 208 valence electrons. The number of hydrogen-bond acceptors (Lipinski definition) is 6. The predicted molar refractivity (Wildman–Crippen MR) is 149 cm³/mol. The number of carbonyl (C=O) groups is 1. The van der Waals surface area contributed by atoms with Crippen molar-refractivity contribution in [3.63, 3.8) is 0 Å². The highest BCUT2D eigenvalue weighted by Gasteiger charge is 2.48. The minimum atomic E-state index is -1.51. The zero-order chi connectivity index (χ0) is 27.7. The molecule has 3 aliphatic rings. The lowest BCUT2D eigenvalue weighted by Gasteiger charge is -2.43. The fourth-order valence-corrected chi connectivity index (χ4v) is 6.57. The van der Waals surface area contributed by atoms with Gasteiger partial charge in [-0.2, -0.15) is 0 Å². The van der Waals surface area contributed by atoms with Gasteiger partial charge in [0.1, 0.15) is 30.0 Å². The molecule has 0 spiro atoms. The quantitative estimate of drug-likeness (QED) is 0.258. The third-order valence-electron chi connectivity index (χ3n) is 8.65. The van der Waals surface area contributed by atoms with Crippen LogP contribution in [0.4, 0.5) is 0 Å². The Bertz CT molecular complexity index is 1220. The molecule has 3 aromatic carbocycles. The summed E-state index contributed by atoms with van der Waals surface area (Å²) in [6.45, 7) is -0.133. The van der Waals surface area contributed by atoms with E-state index in [4.69, 9.17) is 9.47 Å². The SMILES string of the molecule is O=C(N[C@H]1C(O)O[C@H](COC(c2ccccc2)(c2ccccc2)c2ccccc2)[C@@H](O)[C@@H]1O)[C@@H]1C[C@H]2C=C[C@@H]1C2. The molecule has 2 aliphatic carbocycles. The second kappa shape index (κ2) is 11.3. The van der Waals surface area contributed by atoms with Crippen LogP contribution in [0, 0.1) is 17.8 Å². The molecule has 0 radical (unpaired) electrons. The molecule has 8 atom stereocenters. The molecule has 3 aromatic rings. The lowest BCUT2D eigenvalue weighted by Crippen LogP contribution is -2.65. The van der Waals surface area contributed by atoms with E-state index in [-0.39, 0.29) is 24.3 Å². The van der Waals surface area contributed by atoms with Crippen molar-refractivity contribution in [3.8, 4) is 0 Å². The Morgan fingerprint density at radius 2 is 1.35 bits per heavy atom. The normalized spacial score (nSPS) is 31.3. The van der Waals surface area contributed by atoms with Crippen LogP contribution in [-0.4, -0.2) is 58.5 Å². The molecule has 40 heavy (non-hydrogen) atoms. The smallest absolute Gasteiger partial charge is 0.224 e. The van der Waals surface area contributed by atoms with E-state index in [0.717, 1.165) is 29.5 Å². The van der Waals surface area contributed by atoms with Crippen molar-refractivity contribution in [1.82, 2.24) is 5.32 Å². The fraction of sp³-hybridized carbons (Fsp3) is 0.364. The molecule has 1 saturated carbocycles. The second-order valence-corrected chi connectivity index (χ2v) is 11.1. The predicted octanol–water partition coefficient (Wildman–Crippen LogP) is 3.13. The van der Waals surface area contributed by atoms with E-state index < -0.39 is 36.2 Å². The lowest BCUT2D eigenvalue weighted by molar-refractivity contribution is -0.261. The monoisotopic (exact) mass is 541 g/mol. The lowest BCUT2D eigenvalue weighted by atomic mass is 9.80. The Morgan fingerprint density at radius 3 is 1.82 bits per heavy atom. The van der Waals surface area contributed by atoms with Crippen LogP contribution in [0.15, 0.2) is 103 Å². The largest absolute Gasteiger partial charge is 0.388 e. The van der Waals surface area contributed by atoms with E-state index >= 15 is 0 Å². The maximum Gasteiger partial charge on any atom is 0.224 e. The highest BCUT2D eigenvalue weighted by molar-refractivity contribution is 5.80. The van der Waals surface area contributed by atoms with Gasteiger partial charge in [0, 0.05) is 5.92 Å². The average Bonchev–Trinajstić information content (AvgIpc) is 3.64. The summed E-state index contributed by atoms with van der Waals surface area (Å²) in [4.78, 5) is 13.0. The Labute approximate surface area is 234 Å². The molecule has 1 amide bonds. The summed E-state index contributed by atoms with van der Waals surface area (Å²) in [5, 5.41) is 35.7. The molecule has 7 heteroatoms. The Hall–Kier alpha value is -3.33. The molecule has 1 saturated heterocycles. The number of fused-ring (bicyclic) bond motifs is 2. The second-order valence-electron chi connectivity index (χ2n) is 11.1. The number of amides is 1. The van der Waals surface area contributed by atoms with E-state index in [1.807, 2.05) is 91.0 Å². The van der Waals surface area contributed by atoms with Gasteiger partial charge in [-0.25, -0.2) is 0 Å². The van der Waals surface area contributed by atoms with Crippen LogP contribution in [0.3, 0.4) is 0 Å². The number of benzene rings is 3. The van der Waals surface area contributed by atoms with Crippen LogP contribution in [0.5, 0.6) is 0 Å². The minimum absolute atomic E-state index is 0.133. The first-order valence-electron chi connectivity index (χ1n) is 14.0. The van der Waals surface area contributed by atoms with Gasteiger partial charge in [-0.15, -0.1) is 0 Å². The summed E-state index contributed by atoms with van der Waals surface area (Å²) in [7, 11) is 0. The summed E-state index contributed by atoms with van der Waals surface area (Å²) in [5.41, 5.74) is 1.58. The maximum absolute atomic E-state index is 13.0. The minimum Gasteiger partial charge on any atom is -0.388 e. The van der Waals surface area contributed by atoms with Crippen molar-refractivity contribution >= 4 is 5.91 Å². The van der Waals surface area contributed by atoms with Gasteiger partial charge in [0.25, 0.3) is 0 Å². The van der Waals surface area contributed by atoms with Gasteiger partial charge in [-0.05, 0) is 41.4 Å². The first-order valence-corrected chi connectivity index (χ1v) is 14.0. The number of ether oxygens (including phenoxy) is 2. The molecule has 1 unspecified atom stereocenters. The summed E-state index contributed by atoms with van der Waals surface area (Å²) in [6, 6.07) is 28.2. The summed E-state index contributed by atoms with van der Waals surface area (Å²) in [5.74, 6) is 0.152. The molecule has 7 nitrogen and oxygen atoms in total. The number of aliphatic hydroxyl groups is 3. The van der Waals surface area contributed by atoms with Crippen molar-refractivity contribution in [3.05, 3.63) is 120 Å². The van der Waals surface area contributed by atoms with Gasteiger partial charge >= 0.3 is 0 Å². The Morgan fingerprint density at radius 1 is 0.800 bits per heavy atom. The van der Waals surface area contributed by atoms with E-state index in [1.165, 1.54) is 0 Å². The van der Waals surface area contributed by atoms with Crippen molar-refractivity contribution in [1.29, 1.82) is 0 Å². The topological polar surface area (TPSA) is 108 Å². The molecule has 4 N–H and O–H groups in total. The molecule has 1 heterocycles. The zero-order valence-electron chi connectivity index (χ0n) is 22.1. The van der Waals surface area contributed by atoms with Gasteiger partial charge in [-0.1, -0.05) is 103 Å². The summed E-state index contributed by atoms with van der Waals surface area (Å²) >= 11 is 0. The van der Waals surface area contributed by atoms with Crippen LogP contribution < -0.4 is 5.32 Å². The molecule has 2 fully saturated rings. The third-order valence-corrected chi connectivity index (χ3v) is 8.65. The van der Waals surface area contributed by atoms with E-state index in [1.54, 1.807) is 0 Å². The van der Waals surface area contributed by atoms with Crippen LogP contribution in [0.1, 0.15) is 29.5 Å². The van der Waals surface area contributed by atoms with Crippen molar-refractivity contribution < 1.29 is 29.6 Å². The molecule has 2 bridgehead atoms. The van der Waals surface area contributed by atoms with Crippen LogP contribution >= 0.6 is 0 Å². The van der Waals surface area contributed by atoms with Crippen LogP contribution in [0.25, 0.3) is 0 Å². The summed E-state index contributed by atoms with van der Waals surface area (Å²) < 4.78 is 12.5. The van der Waals surface area contributed by atoms with Crippen molar-refractivity contribution in [2.24, 2.45) is 17.8 Å². The third kappa shape index (κ3) is 4.89. The fourth-order valence-electron chi connectivity index (χ4n) is 6.57. The van der Waals surface area contributed by atoms with E-state index in [9.17, 15) is 20.1 Å². The summed E-state index contributed by atoms with van der Waals surface area (Å²) in [6.07, 6.45) is 0.553. The molecular weight excluding hydrogens is 506 g/mol. The van der Waals surface area contributed by atoms with Gasteiger partial charge in [0.05, 0.1) is 6.61 Å². The standard InChI is InChI=1S/C33H35NO6/c35-29-27(40-32(38)28(30(29)36)34-31(37)26-19-21-16-17-22(26)18-21)20-39-33(23-10-4-1-5-11-23,24-12-6-2-7-13-24)25-14-8-3-9-15-25/h1-17,21-22,26-30,32,35-36,38H,18-20H2,(H,34,37)/t21-,22+,26+,27+,28+,29+,30+,32?/m0/s1. The molecule has 0 aromatic heterocycles. The van der Waals surface area contributed by atoms with Crippen molar-refractivity contribution in [2.75, 3.05) is 6.61 Å². The highest BCUT2D eigenvalue weighted by atomic mass is 16.6. The molecule has 1 aliphatic heterocycles. The zero-order valence-corrected chi connectivity index (χ0v) is 22.1. The number of hydrogen-bond donors (Lipinski definition) is 4.